The number of rotatable bonds is 7. The molecule has 5 nitrogen and oxygen atoms in total. The van der Waals surface area contributed by atoms with Gasteiger partial charge in [0.1, 0.15) is 5.75 Å². The van der Waals surface area contributed by atoms with E-state index in [4.69, 9.17) is 4.74 Å². The lowest BCUT2D eigenvalue weighted by atomic mass is 10.1. The number of amides is 1. The highest BCUT2D eigenvalue weighted by atomic mass is 16.5. The van der Waals surface area contributed by atoms with Crippen molar-refractivity contribution in [1.29, 1.82) is 0 Å². The van der Waals surface area contributed by atoms with Gasteiger partial charge in [0.2, 0.25) is 5.91 Å². The van der Waals surface area contributed by atoms with Gasteiger partial charge in [0.05, 0.1) is 19.8 Å². The fourth-order valence-corrected chi connectivity index (χ4v) is 2.31. The third kappa shape index (κ3) is 4.63. The first-order chi connectivity index (χ1) is 9.90. The van der Waals surface area contributed by atoms with Gasteiger partial charge in [-0.2, -0.15) is 0 Å². The van der Waals surface area contributed by atoms with Gasteiger partial charge in [-0.25, -0.2) is 0 Å². The number of hydrogen-bond donors (Lipinski definition) is 2. The first-order valence-corrected chi connectivity index (χ1v) is 7.29. The molecule has 1 unspecified atom stereocenters. The van der Waals surface area contributed by atoms with Gasteiger partial charge in [0, 0.05) is 23.8 Å². The monoisotopic (exact) mass is 294 g/mol. The van der Waals surface area contributed by atoms with Crippen LogP contribution in [0.15, 0.2) is 18.2 Å². The second-order valence-electron chi connectivity index (χ2n) is 5.31. The summed E-state index contributed by atoms with van der Waals surface area (Å²) < 4.78 is 5.32. The fraction of sp³-hybridized carbons (Fsp3) is 0.562. The first kappa shape index (κ1) is 17.3. The number of benzene rings is 1. The smallest absolute Gasteiger partial charge is 0.239 e. The number of carbonyl (C=O) groups excluding carboxylic acids is 1. The molecule has 0 aliphatic rings. The Morgan fingerprint density at radius 3 is 2.52 bits per heavy atom. The SMILES string of the molecule is CCN(CC(=O)NC(C)C)c1cccc(OC)c1C(C)O. The molecule has 0 heterocycles. The number of carbonyl (C=O) groups is 1. The Hall–Kier alpha value is -1.75. The molecule has 1 rings (SSSR count). The fourth-order valence-electron chi connectivity index (χ4n) is 2.31. The zero-order chi connectivity index (χ0) is 16.0. The van der Waals surface area contributed by atoms with E-state index in [1.807, 2.05) is 43.9 Å². The number of nitrogens with zero attached hydrogens (tertiary/aromatic N) is 1. The summed E-state index contributed by atoms with van der Waals surface area (Å²) in [6.07, 6.45) is -0.668. The van der Waals surface area contributed by atoms with Crippen LogP contribution >= 0.6 is 0 Å². The molecule has 21 heavy (non-hydrogen) atoms. The van der Waals surface area contributed by atoms with E-state index >= 15 is 0 Å². The predicted octanol–water partition coefficient (Wildman–Crippen LogP) is 2.10. The number of aliphatic hydroxyl groups is 1. The van der Waals surface area contributed by atoms with Crippen LogP contribution in [0.5, 0.6) is 5.75 Å². The molecular weight excluding hydrogens is 268 g/mol. The summed E-state index contributed by atoms with van der Waals surface area (Å²) in [4.78, 5) is 13.9. The van der Waals surface area contributed by atoms with Gasteiger partial charge in [-0.15, -0.1) is 0 Å². The number of likely N-dealkylation sites (N-methyl/N-ethyl adjacent to an activating group) is 1. The molecular formula is C16H26N2O3. The van der Waals surface area contributed by atoms with Crippen molar-refractivity contribution in [2.75, 3.05) is 25.1 Å². The Labute approximate surface area is 126 Å². The van der Waals surface area contributed by atoms with Crippen molar-refractivity contribution in [3.63, 3.8) is 0 Å². The quantitative estimate of drug-likeness (QED) is 0.808. The highest BCUT2D eigenvalue weighted by molar-refractivity contribution is 5.82. The molecule has 0 saturated heterocycles. The number of ether oxygens (including phenoxy) is 1. The van der Waals surface area contributed by atoms with Crippen molar-refractivity contribution in [2.45, 2.75) is 39.8 Å². The minimum atomic E-state index is -0.668. The van der Waals surface area contributed by atoms with E-state index in [1.165, 1.54) is 0 Å². The maximum absolute atomic E-state index is 12.0. The number of hydrogen-bond acceptors (Lipinski definition) is 4. The van der Waals surface area contributed by atoms with Crippen LogP contribution in [-0.2, 0) is 4.79 Å². The van der Waals surface area contributed by atoms with Crippen LogP contribution < -0.4 is 15.0 Å². The molecule has 0 radical (unpaired) electrons. The molecule has 1 amide bonds. The Morgan fingerprint density at radius 2 is 2.05 bits per heavy atom. The molecule has 118 valence electrons. The lowest BCUT2D eigenvalue weighted by Crippen LogP contribution is -2.40. The van der Waals surface area contributed by atoms with Gasteiger partial charge in [-0.05, 0) is 39.8 Å². The van der Waals surface area contributed by atoms with Gasteiger partial charge in [0.15, 0.2) is 0 Å². The molecule has 0 aliphatic carbocycles. The molecule has 0 bridgehead atoms. The molecule has 0 spiro atoms. The third-order valence-corrected chi connectivity index (χ3v) is 3.19. The lowest BCUT2D eigenvalue weighted by Gasteiger charge is -2.27. The molecule has 1 aromatic rings. The van der Waals surface area contributed by atoms with Crippen molar-refractivity contribution in [1.82, 2.24) is 5.32 Å². The van der Waals surface area contributed by atoms with Gasteiger partial charge >= 0.3 is 0 Å². The van der Waals surface area contributed by atoms with Crippen LogP contribution in [-0.4, -0.2) is 37.3 Å². The van der Waals surface area contributed by atoms with E-state index in [2.05, 4.69) is 5.32 Å². The Kier molecular flexibility index (Phi) is 6.49. The van der Waals surface area contributed by atoms with E-state index in [-0.39, 0.29) is 18.5 Å². The zero-order valence-corrected chi connectivity index (χ0v) is 13.5. The molecule has 0 aliphatic heterocycles. The minimum absolute atomic E-state index is 0.0359. The van der Waals surface area contributed by atoms with Crippen LogP contribution in [0, 0.1) is 0 Å². The summed E-state index contributed by atoms with van der Waals surface area (Å²) in [5, 5.41) is 12.9. The standard InChI is InChI=1S/C16H26N2O3/c1-6-18(10-15(20)17-11(2)3)13-8-7-9-14(21-5)16(13)12(4)19/h7-9,11-12,19H,6,10H2,1-5H3,(H,17,20). The zero-order valence-electron chi connectivity index (χ0n) is 13.5. The number of nitrogens with one attached hydrogen (secondary N) is 1. The van der Waals surface area contributed by atoms with E-state index in [0.29, 0.717) is 17.9 Å². The summed E-state index contributed by atoms with van der Waals surface area (Å²) in [6, 6.07) is 5.69. The number of aliphatic hydroxyl groups excluding tert-OH is 1. The minimum Gasteiger partial charge on any atom is -0.496 e. The topological polar surface area (TPSA) is 61.8 Å². The summed E-state index contributed by atoms with van der Waals surface area (Å²) in [6.45, 7) is 8.46. The molecule has 0 saturated carbocycles. The Bertz CT molecular complexity index is 473. The molecule has 1 atom stereocenters. The van der Waals surface area contributed by atoms with Gasteiger partial charge in [-0.1, -0.05) is 6.07 Å². The van der Waals surface area contributed by atoms with Crippen molar-refractivity contribution in [3.8, 4) is 5.75 Å². The van der Waals surface area contributed by atoms with Crippen LogP contribution in [0.25, 0.3) is 0 Å². The van der Waals surface area contributed by atoms with Crippen LogP contribution in [0.3, 0.4) is 0 Å². The third-order valence-electron chi connectivity index (χ3n) is 3.19. The highest BCUT2D eigenvalue weighted by Crippen LogP contribution is 2.34. The molecule has 0 aromatic heterocycles. The Balaban J connectivity index is 3.08. The van der Waals surface area contributed by atoms with E-state index in [9.17, 15) is 9.90 Å². The summed E-state index contributed by atoms with van der Waals surface area (Å²) in [7, 11) is 1.58. The summed E-state index contributed by atoms with van der Waals surface area (Å²) in [5.74, 6) is 0.594. The molecule has 5 heteroatoms. The average Bonchev–Trinajstić information content (AvgIpc) is 2.42. The first-order valence-electron chi connectivity index (χ1n) is 7.29. The van der Waals surface area contributed by atoms with E-state index < -0.39 is 6.10 Å². The molecule has 1 aromatic carbocycles. The van der Waals surface area contributed by atoms with Crippen LogP contribution in [0.1, 0.15) is 39.4 Å². The normalized spacial score (nSPS) is 12.1. The van der Waals surface area contributed by atoms with Crippen LogP contribution in [0.4, 0.5) is 5.69 Å². The summed E-state index contributed by atoms with van der Waals surface area (Å²) in [5.41, 5.74) is 1.53. The van der Waals surface area contributed by atoms with Crippen molar-refractivity contribution < 1.29 is 14.6 Å². The Morgan fingerprint density at radius 1 is 1.38 bits per heavy atom. The van der Waals surface area contributed by atoms with E-state index in [1.54, 1.807) is 14.0 Å². The predicted molar refractivity (Wildman–Crippen MR) is 84.8 cm³/mol. The second-order valence-corrected chi connectivity index (χ2v) is 5.31. The van der Waals surface area contributed by atoms with Crippen molar-refractivity contribution in [3.05, 3.63) is 23.8 Å². The lowest BCUT2D eigenvalue weighted by molar-refractivity contribution is -0.120. The largest absolute Gasteiger partial charge is 0.496 e. The average molecular weight is 294 g/mol. The van der Waals surface area contributed by atoms with E-state index in [0.717, 1.165) is 5.69 Å². The van der Waals surface area contributed by atoms with Crippen molar-refractivity contribution in [2.24, 2.45) is 0 Å². The maximum Gasteiger partial charge on any atom is 0.239 e. The van der Waals surface area contributed by atoms with Crippen molar-refractivity contribution >= 4 is 11.6 Å². The van der Waals surface area contributed by atoms with Crippen LogP contribution in [0.2, 0.25) is 0 Å². The summed E-state index contributed by atoms with van der Waals surface area (Å²) >= 11 is 0. The molecule has 0 fully saturated rings. The van der Waals surface area contributed by atoms with Gasteiger partial charge < -0.3 is 20.1 Å². The number of methoxy groups -OCH3 is 1. The van der Waals surface area contributed by atoms with Gasteiger partial charge in [-0.3, -0.25) is 4.79 Å². The molecule has 2 N–H and O–H groups in total. The number of anilines is 1. The highest BCUT2D eigenvalue weighted by Gasteiger charge is 2.19. The maximum atomic E-state index is 12.0. The second kappa shape index (κ2) is 7.88. The van der Waals surface area contributed by atoms with Gasteiger partial charge in [0.25, 0.3) is 0 Å².